The van der Waals surface area contributed by atoms with E-state index in [2.05, 4.69) is 0 Å². The molecule has 0 saturated heterocycles. The fraction of sp³-hybridized carbons (Fsp3) is 0.120. The molecule has 152 valence electrons. The number of rotatable bonds is 8. The number of methoxy groups -OCH3 is 2. The lowest BCUT2D eigenvalue weighted by atomic mass is 10.00. The maximum Gasteiger partial charge on any atom is 0.331 e. The van der Waals surface area contributed by atoms with Crippen molar-refractivity contribution in [1.82, 2.24) is 0 Å². The molecule has 0 amide bonds. The van der Waals surface area contributed by atoms with E-state index < -0.39 is 12.1 Å². The first kappa shape index (κ1) is 20.9. The highest BCUT2D eigenvalue weighted by atomic mass is 16.5. The fourth-order valence-corrected chi connectivity index (χ4v) is 3.01. The maximum absolute atomic E-state index is 13.0. The minimum Gasteiger partial charge on any atom is -0.493 e. The van der Waals surface area contributed by atoms with Crippen LogP contribution in [0, 0.1) is 0 Å². The first-order valence-corrected chi connectivity index (χ1v) is 9.38. The van der Waals surface area contributed by atoms with E-state index in [-0.39, 0.29) is 5.78 Å². The van der Waals surface area contributed by atoms with E-state index in [0.29, 0.717) is 28.2 Å². The quantitative estimate of drug-likeness (QED) is 0.305. The Balaban J connectivity index is 1.84. The number of carbonyl (C=O) groups is 2. The van der Waals surface area contributed by atoms with Gasteiger partial charge in [-0.1, -0.05) is 72.8 Å². The number of hydrogen-bond acceptors (Lipinski definition) is 5. The predicted molar refractivity (Wildman–Crippen MR) is 115 cm³/mol. The summed E-state index contributed by atoms with van der Waals surface area (Å²) in [7, 11) is 3.07. The summed E-state index contributed by atoms with van der Waals surface area (Å²) in [5, 5.41) is 0. The van der Waals surface area contributed by atoms with Gasteiger partial charge in [-0.3, -0.25) is 4.79 Å². The Bertz CT molecular complexity index is 1030. The maximum atomic E-state index is 13.0. The van der Waals surface area contributed by atoms with Crippen LogP contribution in [0.4, 0.5) is 0 Å². The molecule has 0 radical (unpaired) electrons. The van der Waals surface area contributed by atoms with Crippen LogP contribution in [0.2, 0.25) is 0 Å². The molecule has 0 saturated carbocycles. The Morgan fingerprint density at radius 2 is 1.47 bits per heavy atom. The number of hydrogen-bond donors (Lipinski definition) is 0. The summed E-state index contributed by atoms with van der Waals surface area (Å²) in [4.78, 5) is 25.6. The molecule has 0 aliphatic carbocycles. The number of Topliss-reactive ketones (excluding diaryl/α,β-unsaturated/α-hetero) is 1. The molecular weight excluding hydrogens is 380 g/mol. The summed E-state index contributed by atoms with van der Waals surface area (Å²) >= 11 is 0. The third-order valence-corrected chi connectivity index (χ3v) is 4.47. The highest BCUT2D eigenvalue weighted by Gasteiger charge is 2.25. The van der Waals surface area contributed by atoms with Crippen LogP contribution in [0.25, 0.3) is 6.08 Å². The molecule has 30 heavy (non-hydrogen) atoms. The van der Waals surface area contributed by atoms with Crippen LogP contribution in [0.3, 0.4) is 0 Å². The second-order valence-electron chi connectivity index (χ2n) is 6.37. The Hall–Kier alpha value is -3.86. The highest BCUT2D eigenvalue weighted by molar-refractivity contribution is 6.01. The molecule has 0 unspecified atom stereocenters. The molecule has 0 bridgehead atoms. The van der Waals surface area contributed by atoms with E-state index in [1.165, 1.54) is 13.2 Å². The Labute approximate surface area is 175 Å². The van der Waals surface area contributed by atoms with Crippen molar-refractivity contribution in [1.29, 1.82) is 0 Å². The topological polar surface area (TPSA) is 61.8 Å². The van der Waals surface area contributed by atoms with Gasteiger partial charge in [0.2, 0.25) is 5.78 Å². The van der Waals surface area contributed by atoms with Gasteiger partial charge >= 0.3 is 5.97 Å². The molecular formula is C25H22O5. The number of ether oxygens (including phenoxy) is 3. The predicted octanol–water partition coefficient (Wildman–Crippen LogP) is 4.88. The molecule has 3 aromatic carbocycles. The minimum atomic E-state index is -1.04. The second kappa shape index (κ2) is 10.1. The molecule has 0 heterocycles. The summed E-state index contributed by atoms with van der Waals surface area (Å²) in [6, 6.07) is 23.0. The zero-order valence-electron chi connectivity index (χ0n) is 16.8. The van der Waals surface area contributed by atoms with Gasteiger partial charge in [0.25, 0.3) is 0 Å². The first-order chi connectivity index (χ1) is 14.6. The fourth-order valence-electron chi connectivity index (χ4n) is 3.01. The van der Waals surface area contributed by atoms with Gasteiger partial charge in [-0.05, 0) is 12.1 Å². The highest BCUT2D eigenvalue weighted by Crippen LogP contribution is 2.31. The van der Waals surface area contributed by atoms with E-state index in [4.69, 9.17) is 14.2 Å². The molecule has 0 aliphatic rings. The lowest BCUT2D eigenvalue weighted by molar-refractivity contribution is -0.141. The van der Waals surface area contributed by atoms with Crippen molar-refractivity contribution >= 4 is 17.8 Å². The average Bonchev–Trinajstić information content (AvgIpc) is 2.81. The van der Waals surface area contributed by atoms with E-state index >= 15 is 0 Å². The Kier molecular flexibility index (Phi) is 7.00. The van der Waals surface area contributed by atoms with Crippen molar-refractivity contribution in [3.63, 3.8) is 0 Å². The van der Waals surface area contributed by atoms with E-state index in [9.17, 15) is 9.59 Å². The number of ketones is 1. The molecule has 1 atom stereocenters. The van der Waals surface area contributed by atoms with Crippen LogP contribution >= 0.6 is 0 Å². The van der Waals surface area contributed by atoms with Gasteiger partial charge in [0, 0.05) is 22.8 Å². The summed E-state index contributed by atoms with van der Waals surface area (Å²) in [5.41, 5.74) is 1.73. The third kappa shape index (κ3) is 4.94. The van der Waals surface area contributed by atoms with Gasteiger partial charge < -0.3 is 14.2 Å². The lowest BCUT2D eigenvalue weighted by Gasteiger charge is -2.16. The van der Waals surface area contributed by atoms with Crippen LogP contribution < -0.4 is 9.47 Å². The van der Waals surface area contributed by atoms with Gasteiger partial charge in [-0.25, -0.2) is 4.79 Å². The smallest absolute Gasteiger partial charge is 0.331 e. The average molecular weight is 402 g/mol. The molecule has 3 rings (SSSR count). The second-order valence-corrected chi connectivity index (χ2v) is 6.37. The largest absolute Gasteiger partial charge is 0.493 e. The molecule has 3 aromatic rings. The van der Waals surface area contributed by atoms with Gasteiger partial charge in [-0.15, -0.1) is 0 Å². The molecule has 0 spiro atoms. The van der Waals surface area contributed by atoms with E-state index in [0.717, 1.165) is 0 Å². The number of carbonyl (C=O) groups excluding carboxylic acids is 2. The van der Waals surface area contributed by atoms with Gasteiger partial charge in [0.05, 0.1) is 14.2 Å². The monoisotopic (exact) mass is 402 g/mol. The van der Waals surface area contributed by atoms with Crippen molar-refractivity contribution in [2.24, 2.45) is 0 Å². The van der Waals surface area contributed by atoms with E-state index in [1.807, 2.05) is 12.1 Å². The van der Waals surface area contributed by atoms with Crippen molar-refractivity contribution in [2.75, 3.05) is 14.2 Å². The molecule has 5 nitrogen and oxygen atoms in total. The van der Waals surface area contributed by atoms with Crippen LogP contribution in [-0.4, -0.2) is 26.0 Å². The molecule has 0 aliphatic heterocycles. The first-order valence-electron chi connectivity index (χ1n) is 9.38. The van der Waals surface area contributed by atoms with Crippen LogP contribution in [0.15, 0.2) is 84.9 Å². The molecule has 0 N–H and O–H groups in total. The van der Waals surface area contributed by atoms with Gasteiger partial charge in [0.1, 0.15) is 0 Å². The third-order valence-electron chi connectivity index (χ3n) is 4.47. The Morgan fingerprint density at radius 3 is 2.10 bits per heavy atom. The summed E-state index contributed by atoms with van der Waals surface area (Å²) in [5.74, 6) is 0.124. The van der Waals surface area contributed by atoms with Crippen LogP contribution in [-0.2, 0) is 9.53 Å². The SMILES string of the molecule is COc1cccc(/C=C/C(=O)O[C@H](C(=O)c2ccccc2)c2ccccc2)c1OC. The standard InChI is InChI=1S/C25H22O5/c1-28-21-15-9-14-20(24(21)29-2)16-17-22(26)30-25(19-12-7-4-8-13-19)23(27)18-10-5-3-6-11-18/h3-17,25H,1-2H3/b17-16+/t25-/m0/s1. The van der Waals surface area contributed by atoms with Crippen molar-refractivity contribution in [3.05, 3.63) is 102 Å². The van der Waals surface area contributed by atoms with E-state index in [1.54, 1.807) is 79.9 Å². The number of benzene rings is 3. The van der Waals surface area contributed by atoms with Gasteiger partial charge in [-0.2, -0.15) is 0 Å². The van der Waals surface area contributed by atoms with Gasteiger partial charge in [0.15, 0.2) is 17.6 Å². The molecule has 5 heteroatoms. The summed E-state index contributed by atoms with van der Waals surface area (Å²) < 4.78 is 16.2. The Morgan fingerprint density at radius 1 is 0.800 bits per heavy atom. The zero-order chi connectivity index (χ0) is 21.3. The zero-order valence-corrected chi connectivity index (χ0v) is 16.8. The lowest BCUT2D eigenvalue weighted by Crippen LogP contribution is -2.19. The van der Waals surface area contributed by atoms with Crippen molar-refractivity contribution in [2.45, 2.75) is 6.10 Å². The van der Waals surface area contributed by atoms with Crippen molar-refractivity contribution in [3.8, 4) is 11.5 Å². The minimum absolute atomic E-state index is 0.289. The molecule has 0 aromatic heterocycles. The number of para-hydroxylation sites is 1. The van der Waals surface area contributed by atoms with Crippen LogP contribution in [0.1, 0.15) is 27.6 Å². The van der Waals surface area contributed by atoms with Crippen molar-refractivity contribution < 1.29 is 23.8 Å². The van der Waals surface area contributed by atoms with Crippen LogP contribution in [0.5, 0.6) is 11.5 Å². The number of esters is 1. The normalized spacial score (nSPS) is 11.7. The molecule has 0 fully saturated rings. The summed E-state index contributed by atoms with van der Waals surface area (Å²) in [6.07, 6.45) is 1.79. The summed E-state index contributed by atoms with van der Waals surface area (Å²) in [6.45, 7) is 0.